The largest absolute Gasteiger partial charge is 1.00 e. The monoisotopic (exact) mass is 377 g/mol. The predicted octanol–water partition coefficient (Wildman–Crippen LogP) is -2.56. The van der Waals surface area contributed by atoms with Crippen LogP contribution in [0.2, 0.25) is 0 Å². The van der Waals surface area contributed by atoms with Crippen molar-refractivity contribution in [2.45, 2.75) is 0 Å². The van der Waals surface area contributed by atoms with Gasteiger partial charge >= 0.3 is 0 Å². The molecule has 1 heterocycles. The SMILES string of the molecule is Nn1cnnc1N/N=C/c1ccc([NH+](CCCl)CCCl)cc1.[Cl-]. The van der Waals surface area contributed by atoms with Crippen LogP contribution in [0.4, 0.5) is 11.6 Å². The summed E-state index contributed by atoms with van der Waals surface area (Å²) in [4.78, 5) is 1.27. The molecule has 0 aliphatic heterocycles. The summed E-state index contributed by atoms with van der Waals surface area (Å²) in [5.41, 5.74) is 4.83. The molecule has 0 aliphatic rings. The van der Waals surface area contributed by atoms with E-state index in [1.165, 1.54) is 15.9 Å². The fourth-order valence-corrected chi connectivity index (χ4v) is 2.39. The zero-order valence-electron chi connectivity index (χ0n) is 12.3. The first-order valence-electron chi connectivity index (χ1n) is 6.76. The highest BCUT2D eigenvalue weighted by molar-refractivity contribution is 6.18. The average molecular weight is 379 g/mol. The van der Waals surface area contributed by atoms with Crippen LogP contribution in [0.25, 0.3) is 0 Å². The number of nitrogens with zero attached hydrogens (tertiary/aromatic N) is 4. The molecule has 1 aromatic heterocycles. The smallest absolute Gasteiger partial charge is 0.263 e. The normalized spacial score (nSPS) is 10.9. The second-order valence-corrected chi connectivity index (χ2v) is 5.29. The first-order chi connectivity index (χ1) is 10.7. The summed E-state index contributed by atoms with van der Waals surface area (Å²) in [7, 11) is 0. The van der Waals surface area contributed by atoms with Crippen molar-refractivity contribution in [1.82, 2.24) is 14.9 Å². The van der Waals surface area contributed by atoms with Gasteiger partial charge in [0.25, 0.3) is 5.95 Å². The van der Waals surface area contributed by atoms with E-state index in [-0.39, 0.29) is 12.4 Å². The number of nitrogens with one attached hydrogen (secondary N) is 2. The molecule has 0 bridgehead atoms. The second-order valence-electron chi connectivity index (χ2n) is 4.54. The highest BCUT2D eigenvalue weighted by atomic mass is 35.5. The Morgan fingerprint density at radius 1 is 1.22 bits per heavy atom. The molecule has 7 nitrogen and oxygen atoms in total. The van der Waals surface area contributed by atoms with Gasteiger partial charge in [-0.15, -0.1) is 33.4 Å². The highest BCUT2D eigenvalue weighted by Crippen LogP contribution is 2.04. The molecule has 0 aliphatic carbocycles. The standard InChI is InChI=1S/C13H17Cl2N7.ClH/c14-5-7-21(8-6-15)12-3-1-11(2-4-12)9-17-19-13-20-18-10-22(13)16;/h1-4,9-10H,5-8,16H2,(H,19,20);1H/b17-9+;. The lowest BCUT2D eigenvalue weighted by atomic mass is 10.2. The van der Waals surface area contributed by atoms with Crippen LogP contribution in [0.5, 0.6) is 0 Å². The number of anilines is 1. The Labute approximate surface area is 150 Å². The lowest BCUT2D eigenvalue weighted by Crippen LogP contribution is -3.08. The molecule has 0 unspecified atom stereocenters. The van der Waals surface area contributed by atoms with Gasteiger partial charge in [0.2, 0.25) is 0 Å². The molecule has 2 aromatic rings. The van der Waals surface area contributed by atoms with Gasteiger partial charge in [0.15, 0.2) is 0 Å². The molecule has 0 radical (unpaired) electrons. The number of nitrogens with two attached hydrogens (primary N) is 1. The van der Waals surface area contributed by atoms with Gasteiger partial charge in [-0.1, -0.05) is 0 Å². The van der Waals surface area contributed by atoms with Gasteiger partial charge in [0, 0.05) is 0 Å². The number of hydrogen-bond acceptors (Lipinski definition) is 5. The van der Waals surface area contributed by atoms with Crippen LogP contribution in [0.1, 0.15) is 5.56 Å². The second kappa shape index (κ2) is 10.3. The lowest BCUT2D eigenvalue weighted by molar-refractivity contribution is -0.827. The van der Waals surface area contributed by atoms with Crippen molar-refractivity contribution in [3.63, 3.8) is 0 Å². The van der Waals surface area contributed by atoms with Crippen molar-refractivity contribution in [2.75, 3.05) is 36.1 Å². The molecular weight excluding hydrogens is 361 g/mol. The van der Waals surface area contributed by atoms with E-state index in [1.807, 2.05) is 24.3 Å². The van der Waals surface area contributed by atoms with Crippen molar-refractivity contribution in [1.29, 1.82) is 0 Å². The van der Waals surface area contributed by atoms with Crippen molar-refractivity contribution in [2.24, 2.45) is 5.10 Å². The molecule has 2 rings (SSSR count). The topological polar surface area (TPSA) is 85.6 Å². The van der Waals surface area contributed by atoms with Crippen LogP contribution in [0.15, 0.2) is 35.7 Å². The van der Waals surface area contributed by atoms with Crippen molar-refractivity contribution >= 4 is 41.1 Å². The molecule has 0 spiro atoms. The molecular formula is C13H18Cl3N7. The molecule has 4 N–H and O–H groups in total. The van der Waals surface area contributed by atoms with Crippen molar-refractivity contribution in [3.05, 3.63) is 36.2 Å². The van der Waals surface area contributed by atoms with Crippen molar-refractivity contribution in [3.8, 4) is 0 Å². The molecule has 23 heavy (non-hydrogen) atoms. The Morgan fingerprint density at radius 2 is 1.87 bits per heavy atom. The summed E-state index contributed by atoms with van der Waals surface area (Å²) in [5, 5.41) is 11.5. The van der Waals surface area contributed by atoms with Crippen LogP contribution >= 0.6 is 23.2 Å². The van der Waals surface area contributed by atoms with Crippen LogP contribution in [0.3, 0.4) is 0 Å². The number of rotatable bonds is 8. The van der Waals surface area contributed by atoms with Crippen LogP contribution in [-0.2, 0) is 0 Å². The Hall–Kier alpha value is -1.54. The molecule has 126 valence electrons. The minimum absolute atomic E-state index is 0. The number of hydrazone groups is 1. The highest BCUT2D eigenvalue weighted by Gasteiger charge is 2.10. The summed E-state index contributed by atoms with van der Waals surface area (Å²) in [6.45, 7) is 1.69. The number of alkyl halides is 2. The molecule has 10 heteroatoms. The Kier molecular flexibility index (Phi) is 8.71. The maximum atomic E-state index is 5.83. The fraction of sp³-hybridized carbons (Fsp3) is 0.308. The number of nitrogen functional groups attached to an aromatic ring is 1. The van der Waals surface area contributed by atoms with E-state index in [4.69, 9.17) is 29.0 Å². The zero-order valence-corrected chi connectivity index (χ0v) is 14.6. The number of quaternary nitrogens is 1. The van der Waals surface area contributed by atoms with Gasteiger partial charge in [-0.05, 0) is 29.8 Å². The van der Waals surface area contributed by atoms with E-state index in [2.05, 4.69) is 20.7 Å². The van der Waals surface area contributed by atoms with Crippen LogP contribution in [0, 0.1) is 0 Å². The van der Waals surface area contributed by atoms with Gasteiger partial charge in [-0.2, -0.15) is 5.10 Å². The Morgan fingerprint density at radius 3 is 2.39 bits per heavy atom. The summed E-state index contributed by atoms with van der Waals surface area (Å²) in [6.07, 6.45) is 3.07. The summed E-state index contributed by atoms with van der Waals surface area (Å²) >= 11 is 11.7. The molecule has 0 saturated heterocycles. The molecule has 0 fully saturated rings. The van der Waals surface area contributed by atoms with E-state index >= 15 is 0 Å². The van der Waals surface area contributed by atoms with Gasteiger partial charge in [0.05, 0.1) is 31.1 Å². The minimum Gasteiger partial charge on any atom is -1.00 e. The summed E-state index contributed by atoms with van der Waals surface area (Å²) in [5.74, 6) is 7.12. The lowest BCUT2D eigenvalue weighted by Gasteiger charge is -2.16. The van der Waals surface area contributed by atoms with Gasteiger partial charge in [-0.25, -0.2) is 10.1 Å². The summed E-state index contributed by atoms with van der Waals surface area (Å²) in [6, 6.07) is 8.05. The third kappa shape index (κ3) is 5.87. The summed E-state index contributed by atoms with van der Waals surface area (Å²) < 4.78 is 1.25. The number of halogens is 3. The molecule has 0 amide bonds. The first-order valence-corrected chi connectivity index (χ1v) is 7.82. The Balaban J connectivity index is 0.00000264. The van der Waals surface area contributed by atoms with E-state index < -0.39 is 0 Å². The minimum atomic E-state index is 0. The van der Waals surface area contributed by atoms with E-state index in [0.717, 1.165) is 24.3 Å². The van der Waals surface area contributed by atoms with Crippen molar-refractivity contribution < 1.29 is 17.3 Å². The van der Waals surface area contributed by atoms with E-state index in [0.29, 0.717) is 17.7 Å². The molecule has 0 saturated carbocycles. The maximum absolute atomic E-state index is 5.83. The molecule has 0 atom stereocenters. The fourth-order valence-electron chi connectivity index (χ4n) is 1.93. The first kappa shape index (κ1) is 19.5. The predicted molar refractivity (Wildman–Crippen MR) is 89.6 cm³/mol. The number of benzene rings is 1. The maximum Gasteiger partial charge on any atom is 0.263 e. The third-order valence-electron chi connectivity index (χ3n) is 3.06. The number of hydrogen-bond donors (Lipinski definition) is 3. The quantitative estimate of drug-likeness (QED) is 0.204. The van der Waals surface area contributed by atoms with Crippen LogP contribution < -0.4 is 28.6 Å². The number of aromatic nitrogens is 3. The average Bonchev–Trinajstić information content (AvgIpc) is 2.93. The Bertz CT molecular complexity index is 594. The van der Waals surface area contributed by atoms with Gasteiger partial charge in [0.1, 0.15) is 12.0 Å². The molecule has 1 aromatic carbocycles. The van der Waals surface area contributed by atoms with E-state index in [9.17, 15) is 0 Å². The van der Waals surface area contributed by atoms with Gasteiger partial charge in [-0.3, -0.25) is 0 Å². The van der Waals surface area contributed by atoms with Gasteiger partial charge < -0.3 is 23.1 Å². The van der Waals surface area contributed by atoms with Crippen LogP contribution in [-0.4, -0.2) is 45.9 Å². The zero-order chi connectivity index (χ0) is 15.8. The third-order valence-corrected chi connectivity index (χ3v) is 3.44. The van der Waals surface area contributed by atoms with E-state index in [1.54, 1.807) is 6.21 Å².